The van der Waals surface area contributed by atoms with Gasteiger partial charge in [0.25, 0.3) is 0 Å². The average Bonchev–Trinajstić information content (AvgIpc) is 1.99. The van der Waals surface area contributed by atoms with Crippen molar-refractivity contribution in [2.24, 2.45) is 0 Å². The first-order valence-corrected chi connectivity index (χ1v) is 4.18. The van der Waals surface area contributed by atoms with Gasteiger partial charge in [-0.2, -0.15) is 0 Å². The molecule has 0 spiro atoms. The van der Waals surface area contributed by atoms with E-state index in [-0.39, 0.29) is 13.2 Å². The summed E-state index contributed by atoms with van der Waals surface area (Å²) in [5.74, 6) is 0. The number of aliphatic hydroxyl groups excluding tert-OH is 1. The summed E-state index contributed by atoms with van der Waals surface area (Å²) in [5, 5.41) is 11.3. The van der Waals surface area contributed by atoms with Gasteiger partial charge in [0.2, 0.25) is 0 Å². The van der Waals surface area contributed by atoms with Crippen LogP contribution in [0.4, 0.5) is 4.79 Å². The van der Waals surface area contributed by atoms with Crippen LogP contribution >= 0.6 is 0 Å². The SMILES string of the molecule is C=CCOC(=O)NC(C)(C)CCO. The number of ether oxygens (including phenoxy) is 1. The van der Waals surface area contributed by atoms with Crippen LogP contribution in [0.1, 0.15) is 20.3 Å². The Morgan fingerprint density at radius 1 is 1.69 bits per heavy atom. The van der Waals surface area contributed by atoms with Crippen molar-refractivity contribution >= 4 is 6.09 Å². The molecule has 0 aromatic heterocycles. The van der Waals surface area contributed by atoms with Gasteiger partial charge in [0, 0.05) is 12.1 Å². The van der Waals surface area contributed by atoms with Crippen molar-refractivity contribution in [2.45, 2.75) is 25.8 Å². The van der Waals surface area contributed by atoms with E-state index in [9.17, 15) is 4.79 Å². The predicted molar refractivity (Wildman–Crippen MR) is 50.5 cm³/mol. The van der Waals surface area contributed by atoms with Crippen LogP contribution in [0.25, 0.3) is 0 Å². The Labute approximate surface area is 78.6 Å². The Bertz CT molecular complexity index is 178. The maximum atomic E-state index is 11.0. The zero-order valence-corrected chi connectivity index (χ0v) is 8.17. The first-order chi connectivity index (χ1) is 6.02. The highest BCUT2D eigenvalue weighted by Crippen LogP contribution is 2.06. The number of hydrogen-bond acceptors (Lipinski definition) is 3. The summed E-state index contributed by atoms with van der Waals surface area (Å²) in [7, 11) is 0. The second-order valence-corrected chi connectivity index (χ2v) is 3.37. The molecule has 0 fully saturated rings. The largest absolute Gasteiger partial charge is 0.445 e. The Hall–Kier alpha value is -1.03. The van der Waals surface area contributed by atoms with Crippen molar-refractivity contribution in [3.63, 3.8) is 0 Å². The van der Waals surface area contributed by atoms with Gasteiger partial charge in [0.05, 0.1) is 0 Å². The topological polar surface area (TPSA) is 58.6 Å². The number of hydrogen-bond donors (Lipinski definition) is 2. The van der Waals surface area contributed by atoms with Crippen LogP contribution in [-0.4, -0.2) is 30.0 Å². The molecular formula is C9H17NO3. The Morgan fingerprint density at radius 2 is 2.31 bits per heavy atom. The molecule has 0 aliphatic carbocycles. The molecule has 1 amide bonds. The third kappa shape index (κ3) is 6.16. The normalized spacial score (nSPS) is 10.7. The number of carbonyl (C=O) groups is 1. The standard InChI is InChI=1S/C9H17NO3/c1-4-7-13-8(12)10-9(2,3)5-6-11/h4,11H,1,5-7H2,2-3H3,(H,10,12). The molecule has 4 nitrogen and oxygen atoms in total. The van der Waals surface area contributed by atoms with E-state index >= 15 is 0 Å². The molecule has 0 atom stereocenters. The molecule has 0 aromatic rings. The van der Waals surface area contributed by atoms with Gasteiger partial charge in [0.1, 0.15) is 6.61 Å². The Morgan fingerprint density at radius 3 is 2.77 bits per heavy atom. The molecule has 0 saturated heterocycles. The van der Waals surface area contributed by atoms with Crippen molar-refractivity contribution in [1.82, 2.24) is 5.32 Å². The molecular weight excluding hydrogens is 170 g/mol. The Balaban J connectivity index is 3.81. The second kappa shape index (κ2) is 5.59. The number of aliphatic hydroxyl groups is 1. The summed E-state index contributed by atoms with van der Waals surface area (Å²) in [5.41, 5.74) is -0.437. The molecule has 0 saturated carbocycles. The number of alkyl carbamates (subject to hydrolysis) is 1. The van der Waals surface area contributed by atoms with Crippen LogP contribution < -0.4 is 5.32 Å². The predicted octanol–water partition coefficient (Wildman–Crippen LogP) is 1.06. The fourth-order valence-corrected chi connectivity index (χ4v) is 0.789. The molecule has 0 heterocycles. The van der Waals surface area contributed by atoms with Crippen LogP contribution in [-0.2, 0) is 4.74 Å². The number of amides is 1. The van der Waals surface area contributed by atoms with Crippen LogP contribution in [0.5, 0.6) is 0 Å². The van der Waals surface area contributed by atoms with E-state index in [1.807, 2.05) is 13.8 Å². The van der Waals surface area contributed by atoms with Gasteiger partial charge in [-0.1, -0.05) is 12.7 Å². The van der Waals surface area contributed by atoms with Crippen LogP contribution in [0, 0.1) is 0 Å². The van der Waals surface area contributed by atoms with E-state index in [4.69, 9.17) is 9.84 Å². The molecule has 13 heavy (non-hydrogen) atoms. The molecule has 0 rings (SSSR count). The maximum absolute atomic E-state index is 11.0. The fraction of sp³-hybridized carbons (Fsp3) is 0.667. The van der Waals surface area contributed by atoms with Crippen molar-refractivity contribution in [3.8, 4) is 0 Å². The highest BCUT2D eigenvalue weighted by molar-refractivity contribution is 5.68. The molecule has 0 unspecified atom stereocenters. The van der Waals surface area contributed by atoms with Crippen LogP contribution in [0.15, 0.2) is 12.7 Å². The Kier molecular flexibility index (Phi) is 5.14. The van der Waals surface area contributed by atoms with Crippen LogP contribution in [0.3, 0.4) is 0 Å². The molecule has 0 aliphatic heterocycles. The number of carbonyl (C=O) groups excluding carboxylic acids is 1. The lowest BCUT2D eigenvalue weighted by Gasteiger charge is -2.24. The minimum Gasteiger partial charge on any atom is -0.445 e. The molecule has 2 N–H and O–H groups in total. The summed E-state index contributed by atoms with van der Waals surface area (Å²) in [6.07, 6.45) is 1.51. The van der Waals surface area contributed by atoms with Gasteiger partial charge >= 0.3 is 6.09 Å². The first-order valence-electron chi connectivity index (χ1n) is 4.18. The third-order valence-corrected chi connectivity index (χ3v) is 1.51. The average molecular weight is 187 g/mol. The zero-order valence-electron chi connectivity index (χ0n) is 8.17. The van der Waals surface area contributed by atoms with E-state index in [0.717, 1.165) is 0 Å². The van der Waals surface area contributed by atoms with Crippen molar-refractivity contribution < 1.29 is 14.6 Å². The zero-order chi connectivity index (χ0) is 10.3. The molecule has 0 aliphatic rings. The van der Waals surface area contributed by atoms with E-state index in [0.29, 0.717) is 6.42 Å². The first kappa shape index (κ1) is 12.0. The highest BCUT2D eigenvalue weighted by Gasteiger charge is 2.19. The molecule has 4 heteroatoms. The summed E-state index contributed by atoms with van der Waals surface area (Å²) >= 11 is 0. The van der Waals surface area contributed by atoms with Crippen molar-refractivity contribution in [3.05, 3.63) is 12.7 Å². The van der Waals surface area contributed by atoms with Gasteiger partial charge in [-0.05, 0) is 20.3 Å². The lowest BCUT2D eigenvalue weighted by Crippen LogP contribution is -2.44. The van der Waals surface area contributed by atoms with E-state index < -0.39 is 11.6 Å². The number of nitrogens with one attached hydrogen (secondary N) is 1. The molecule has 76 valence electrons. The fourth-order valence-electron chi connectivity index (χ4n) is 0.789. The smallest absolute Gasteiger partial charge is 0.407 e. The second-order valence-electron chi connectivity index (χ2n) is 3.37. The van der Waals surface area contributed by atoms with Crippen LogP contribution in [0.2, 0.25) is 0 Å². The third-order valence-electron chi connectivity index (χ3n) is 1.51. The van der Waals surface area contributed by atoms with E-state index in [2.05, 4.69) is 11.9 Å². The van der Waals surface area contributed by atoms with E-state index in [1.165, 1.54) is 6.08 Å². The molecule has 0 aromatic carbocycles. The maximum Gasteiger partial charge on any atom is 0.407 e. The number of rotatable bonds is 5. The summed E-state index contributed by atoms with van der Waals surface area (Å²) in [6, 6.07) is 0. The minimum atomic E-state index is -0.488. The highest BCUT2D eigenvalue weighted by atomic mass is 16.5. The van der Waals surface area contributed by atoms with Gasteiger partial charge < -0.3 is 15.2 Å². The van der Waals surface area contributed by atoms with E-state index in [1.54, 1.807) is 0 Å². The lowest BCUT2D eigenvalue weighted by atomic mass is 10.0. The minimum absolute atomic E-state index is 0.0364. The van der Waals surface area contributed by atoms with Gasteiger partial charge in [0.15, 0.2) is 0 Å². The summed E-state index contributed by atoms with van der Waals surface area (Å²) < 4.78 is 4.72. The van der Waals surface area contributed by atoms with Gasteiger partial charge in [-0.3, -0.25) is 0 Å². The van der Waals surface area contributed by atoms with Gasteiger partial charge in [-0.15, -0.1) is 0 Å². The summed E-state index contributed by atoms with van der Waals surface area (Å²) in [6.45, 7) is 7.29. The lowest BCUT2D eigenvalue weighted by molar-refractivity contribution is 0.141. The summed E-state index contributed by atoms with van der Waals surface area (Å²) in [4.78, 5) is 11.0. The quantitative estimate of drug-likeness (QED) is 0.633. The van der Waals surface area contributed by atoms with Gasteiger partial charge in [-0.25, -0.2) is 4.79 Å². The molecule has 0 radical (unpaired) electrons. The monoisotopic (exact) mass is 187 g/mol. The van der Waals surface area contributed by atoms with Crippen molar-refractivity contribution in [2.75, 3.05) is 13.2 Å². The van der Waals surface area contributed by atoms with Crippen molar-refractivity contribution in [1.29, 1.82) is 0 Å². The molecule has 0 bridgehead atoms.